The van der Waals surface area contributed by atoms with E-state index < -0.39 is 15.9 Å². The number of nitrogens with zero attached hydrogens (tertiary/aromatic N) is 1. The molecule has 25 heavy (non-hydrogen) atoms. The number of ether oxygens (including phenoxy) is 1. The van der Waals surface area contributed by atoms with Gasteiger partial charge in [0, 0.05) is 19.7 Å². The van der Waals surface area contributed by atoms with Gasteiger partial charge in [-0.1, -0.05) is 29.3 Å². The Hall–Kier alpha value is -1.80. The highest BCUT2D eigenvalue weighted by Gasteiger charge is 2.24. The van der Waals surface area contributed by atoms with Crippen LogP contribution in [0, 0.1) is 0 Å². The van der Waals surface area contributed by atoms with Gasteiger partial charge in [-0.2, -0.15) is 0 Å². The normalized spacial score (nSPS) is 11.4. The van der Waals surface area contributed by atoms with Gasteiger partial charge in [-0.3, -0.25) is 4.79 Å². The molecule has 0 aliphatic carbocycles. The number of halogens is 2. The molecule has 0 aliphatic rings. The summed E-state index contributed by atoms with van der Waals surface area (Å²) in [4.78, 5) is 12.4. The summed E-state index contributed by atoms with van der Waals surface area (Å²) in [6.07, 6.45) is 0. The van der Waals surface area contributed by atoms with Crippen molar-refractivity contribution in [1.82, 2.24) is 4.31 Å². The third kappa shape index (κ3) is 4.07. The first-order valence-corrected chi connectivity index (χ1v) is 9.24. The van der Waals surface area contributed by atoms with Gasteiger partial charge in [-0.25, -0.2) is 12.7 Å². The summed E-state index contributed by atoms with van der Waals surface area (Å²) < 4.78 is 31.0. The standard InChI is InChI=1S/C16H16Cl2N2O4S/c1-20(2)25(22,23)14-9-10(7-8-13(14)24-3)16(21)19-15-11(17)5-4-6-12(15)18/h4-9H,1-3H3,(H,19,21). The summed E-state index contributed by atoms with van der Waals surface area (Å²) in [6.45, 7) is 0. The largest absolute Gasteiger partial charge is 0.495 e. The van der Waals surface area contributed by atoms with Crippen LogP contribution in [0.1, 0.15) is 10.4 Å². The van der Waals surface area contributed by atoms with E-state index in [0.29, 0.717) is 0 Å². The molecule has 1 N–H and O–H groups in total. The molecule has 0 saturated carbocycles. The number of carbonyl (C=O) groups excluding carboxylic acids is 1. The lowest BCUT2D eigenvalue weighted by molar-refractivity contribution is 0.102. The predicted octanol–water partition coefficient (Wildman–Crippen LogP) is 3.50. The van der Waals surface area contributed by atoms with Gasteiger partial charge in [-0.05, 0) is 30.3 Å². The van der Waals surface area contributed by atoms with Crippen LogP contribution in [0.4, 0.5) is 5.69 Å². The Kier molecular flexibility index (Phi) is 5.95. The van der Waals surface area contributed by atoms with E-state index in [2.05, 4.69) is 5.32 Å². The summed E-state index contributed by atoms with van der Waals surface area (Å²) >= 11 is 12.1. The second kappa shape index (κ2) is 7.61. The van der Waals surface area contributed by atoms with Crippen LogP contribution in [0.15, 0.2) is 41.3 Å². The second-order valence-corrected chi connectivity index (χ2v) is 8.14. The van der Waals surface area contributed by atoms with Crippen molar-refractivity contribution < 1.29 is 17.9 Å². The zero-order valence-electron chi connectivity index (χ0n) is 13.7. The molecule has 0 radical (unpaired) electrons. The second-order valence-electron chi connectivity index (χ2n) is 5.20. The molecule has 0 heterocycles. The Balaban J connectivity index is 2.45. The minimum Gasteiger partial charge on any atom is -0.495 e. The number of amides is 1. The summed E-state index contributed by atoms with van der Waals surface area (Å²) in [6, 6.07) is 8.93. The molecule has 2 rings (SSSR count). The minimum absolute atomic E-state index is 0.113. The van der Waals surface area contributed by atoms with Gasteiger partial charge < -0.3 is 10.1 Å². The lowest BCUT2D eigenvalue weighted by atomic mass is 10.2. The average Bonchev–Trinajstić information content (AvgIpc) is 2.57. The summed E-state index contributed by atoms with van der Waals surface area (Å²) in [7, 11) is 0.354. The monoisotopic (exact) mass is 402 g/mol. The first kappa shape index (κ1) is 19.5. The predicted molar refractivity (Wildman–Crippen MR) is 98.3 cm³/mol. The number of methoxy groups -OCH3 is 1. The molecule has 6 nitrogen and oxygen atoms in total. The van der Waals surface area contributed by atoms with E-state index >= 15 is 0 Å². The molecule has 0 unspecified atom stereocenters. The summed E-state index contributed by atoms with van der Waals surface area (Å²) in [5, 5.41) is 3.14. The fourth-order valence-corrected chi connectivity index (χ4v) is 3.59. The number of para-hydroxylation sites is 1. The van der Waals surface area contributed by atoms with E-state index in [4.69, 9.17) is 27.9 Å². The fraction of sp³-hybridized carbons (Fsp3) is 0.188. The van der Waals surface area contributed by atoms with Crippen LogP contribution in [0.2, 0.25) is 10.0 Å². The Morgan fingerprint density at radius 2 is 1.72 bits per heavy atom. The molecule has 0 saturated heterocycles. The summed E-state index contributed by atoms with van der Waals surface area (Å²) in [5.41, 5.74) is 0.376. The summed E-state index contributed by atoms with van der Waals surface area (Å²) in [5.74, 6) is -0.408. The van der Waals surface area contributed by atoms with Gasteiger partial charge in [0.1, 0.15) is 10.6 Å². The van der Waals surface area contributed by atoms with Gasteiger partial charge in [0.25, 0.3) is 5.91 Å². The van der Waals surface area contributed by atoms with Gasteiger partial charge in [-0.15, -0.1) is 0 Å². The van der Waals surface area contributed by atoms with E-state index in [1.165, 1.54) is 39.4 Å². The average molecular weight is 403 g/mol. The molecule has 0 aliphatic heterocycles. The number of rotatable bonds is 5. The van der Waals surface area contributed by atoms with Crippen molar-refractivity contribution in [3.8, 4) is 5.75 Å². The maximum atomic E-state index is 12.5. The molecule has 0 bridgehead atoms. The quantitative estimate of drug-likeness (QED) is 0.829. The highest BCUT2D eigenvalue weighted by molar-refractivity contribution is 7.89. The van der Waals surface area contributed by atoms with Crippen LogP contribution in [-0.4, -0.2) is 39.8 Å². The third-order valence-electron chi connectivity index (χ3n) is 3.39. The number of benzene rings is 2. The van der Waals surface area contributed by atoms with E-state index in [1.807, 2.05) is 0 Å². The Morgan fingerprint density at radius 3 is 2.24 bits per heavy atom. The van der Waals surface area contributed by atoms with Gasteiger partial charge in [0.2, 0.25) is 10.0 Å². The SMILES string of the molecule is COc1ccc(C(=O)Nc2c(Cl)cccc2Cl)cc1S(=O)(=O)N(C)C. The van der Waals surface area contributed by atoms with Crippen LogP contribution in [0.25, 0.3) is 0 Å². The third-order valence-corrected chi connectivity index (χ3v) is 5.85. The highest BCUT2D eigenvalue weighted by atomic mass is 35.5. The van der Waals surface area contributed by atoms with Crippen molar-refractivity contribution in [3.63, 3.8) is 0 Å². The van der Waals surface area contributed by atoms with E-state index in [0.717, 1.165) is 4.31 Å². The van der Waals surface area contributed by atoms with Crippen molar-refractivity contribution >= 4 is 44.8 Å². The van der Waals surface area contributed by atoms with Gasteiger partial charge in [0.05, 0.1) is 22.8 Å². The maximum absolute atomic E-state index is 12.5. The van der Waals surface area contributed by atoms with Crippen molar-refractivity contribution in [1.29, 1.82) is 0 Å². The number of nitrogens with one attached hydrogen (secondary N) is 1. The van der Waals surface area contributed by atoms with Crippen molar-refractivity contribution in [2.24, 2.45) is 0 Å². The van der Waals surface area contributed by atoms with E-state index in [1.54, 1.807) is 18.2 Å². The zero-order chi connectivity index (χ0) is 18.8. The first-order chi connectivity index (χ1) is 11.7. The molecule has 134 valence electrons. The van der Waals surface area contributed by atoms with Gasteiger partial charge >= 0.3 is 0 Å². The Bertz CT molecular complexity index is 894. The number of hydrogen-bond acceptors (Lipinski definition) is 4. The molecule has 9 heteroatoms. The Morgan fingerprint density at radius 1 is 1.12 bits per heavy atom. The molecule has 0 aromatic heterocycles. The van der Waals surface area contributed by atoms with Crippen molar-refractivity contribution in [3.05, 3.63) is 52.0 Å². The lowest BCUT2D eigenvalue weighted by Crippen LogP contribution is -2.23. The molecule has 0 atom stereocenters. The van der Waals surface area contributed by atoms with Crippen LogP contribution in [-0.2, 0) is 10.0 Å². The molecular formula is C16H16Cl2N2O4S. The van der Waals surface area contributed by atoms with E-state index in [-0.39, 0.29) is 31.9 Å². The maximum Gasteiger partial charge on any atom is 0.255 e. The van der Waals surface area contributed by atoms with Crippen LogP contribution in [0.3, 0.4) is 0 Å². The molecule has 1 amide bonds. The fourth-order valence-electron chi connectivity index (χ4n) is 2.02. The molecular weight excluding hydrogens is 387 g/mol. The zero-order valence-corrected chi connectivity index (χ0v) is 16.0. The molecule has 2 aromatic carbocycles. The highest BCUT2D eigenvalue weighted by Crippen LogP contribution is 2.31. The lowest BCUT2D eigenvalue weighted by Gasteiger charge is -2.16. The first-order valence-electron chi connectivity index (χ1n) is 7.04. The topological polar surface area (TPSA) is 75.7 Å². The number of anilines is 1. The van der Waals surface area contributed by atoms with Crippen LogP contribution < -0.4 is 10.1 Å². The van der Waals surface area contributed by atoms with Crippen LogP contribution >= 0.6 is 23.2 Å². The van der Waals surface area contributed by atoms with Crippen molar-refractivity contribution in [2.45, 2.75) is 4.90 Å². The minimum atomic E-state index is -3.79. The number of sulfonamides is 1. The number of carbonyl (C=O) groups is 1. The molecule has 0 fully saturated rings. The van der Waals surface area contributed by atoms with Gasteiger partial charge in [0.15, 0.2) is 0 Å². The Labute approximate surface area is 156 Å². The van der Waals surface area contributed by atoms with E-state index in [9.17, 15) is 13.2 Å². The van der Waals surface area contributed by atoms with Crippen LogP contribution in [0.5, 0.6) is 5.75 Å². The molecule has 2 aromatic rings. The molecule has 0 spiro atoms. The number of hydrogen-bond donors (Lipinski definition) is 1. The smallest absolute Gasteiger partial charge is 0.255 e. The van der Waals surface area contributed by atoms with Crippen molar-refractivity contribution in [2.75, 3.05) is 26.5 Å².